The van der Waals surface area contributed by atoms with Crippen molar-refractivity contribution in [2.24, 2.45) is 11.5 Å². The Bertz CT molecular complexity index is 83.0. The summed E-state index contributed by atoms with van der Waals surface area (Å²) in [6, 6.07) is 0. The van der Waals surface area contributed by atoms with Gasteiger partial charge in [0.1, 0.15) is 0 Å². The van der Waals surface area contributed by atoms with Gasteiger partial charge in [0.2, 0.25) is 0 Å². The summed E-state index contributed by atoms with van der Waals surface area (Å²) in [5.41, 5.74) is 8.94. The molecule has 0 heterocycles. The first kappa shape index (κ1) is 10.9. The van der Waals surface area contributed by atoms with E-state index in [2.05, 4.69) is 11.5 Å². The van der Waals surface area contributed by atoms with Crippen LogP contribution in [0.25, 0.3) is 0 Å². The summed E-state index contributed by atoms with van der Waals surface area (Å²) in [6.45, 7) is 0. The average molecular weight is 147 g/mol. The fraction of sp³-hybridized carbons (Fsp3) is 0. The Morgan fingerprint density at radius 2 is 1.22 bits per heavy atom. The van der Waals surface area contributed by atoms with Crippen LogP contribution in [0.15, 0.2) is 0 Å². The Kier molecular flexibility index (Phi) is 4.84. The van der Waals surface area contributed by atoms with Gasteiger partial charge in [0, 0.05) is 0 Å². The zero-order valence-corrected chi connectivity index (χ0v) is 4.24. The van der Waals surface area contributed by atoms with Crippen LogP contribution in [0.1, 0.15) is 1.43 Å². The van der Waals surface area contributed by atoms with E-state index in [-0.39, 0.29) is 7.39 Å². The van der Waals surface area contributed by atoms with Crippen LogP contribution in [0.3, 0.4) is 0 Å². The molecule has 5 N–H and O–H groups in total. The van der Waals surface area contributed by atoms with E-state index in [1.54, 1.807) is 0 Å². The van der Waals surface area contributed by atoms with E-state index in [0.717, 1.165) is 0 Å². The van der Waals surface area contributed by atoms with Crippen molar-refractivity contribution < 1.29 is 18.7 Å². The van der Waals surface area contributed by atoms with Crippen LogP contribution in [-0.4, -0.2) is 13.2 Å². The summed E-state index contributed by atoms with van der Waals surface area (Å²) in [5, 5.41) is 6.06. The highest BCUT2D eigenvalue weighted by molar-refractivity contribution is 6.50. The minimum Gasteiger partial charge on any atom is -0.418 e. The number of halogens is 4. The molecule has 0 spiro atoms. The first-order valence-corrected chi connectivity index (χ1v) is 1.70. The number of hydrogen-bond acceptors (Lipinski definition) is 1. The van der Waals surface area contributed by atoms with E-state index < -0.39 is 7.25 Å². The van der Waals surface area contributed by atoms with Gasteiger partial charge >= 0.3 is 8.68 Å². The second kappa shape index (κ2) is 3.99. The Labute approximate surface area is 50.1 Å². The van der Waals surface area contributed by atoms with E-state index in [1.165, 1.54) is 0 Å². The molecule has 0 atom stereocenters. The highest BCUT2D eigenvalue weighted by Gasteiger charge is 2.20. The molecule has 0 saturated heterocycles. The van der Waals surface area contributed by atoms with Crippen molar-refractivity contribution in [1.29, 1.82) is 5.41 Å². The molecule has 0 radical (unpaired) electrons. The molecule has 56 valence electrons. The monoisotopic (exact) mass is 147 g/mol. The first-order chi connectivity index (χ1) is 3.73. The van der Waals surface area contributed by atoms with Crippen LogP contribution < -0.4 is 11.5 Å². The largest absolute Gasteiger partial charge is 1.00 e. The summed E-state index contributed by atoms with van der Waals surface area (Å²) in [5.74, 6) is -0.333. The Balaban J connectivity index is -0.0000000910. The van der Waals surface area contributed by atoms with Crippen LogP contribution in [0.2, 0.25) is 0 Å². The molecular weight excluding hydrogens is 141 g/mol. The second-order valence-electron chi connectivity index (χ2n) is 0.950. The lowest BCUT2D eigenvalue weighted by Crippen LogP contribution is -2.20. The highest BCUT2D eigenvalue weighted by Crippen LogP contribution is 2.06. The minimum absolute atomic E-state index is 0. The smallest absolute Gasteiger partial charge is 0.418 e. The summed E-state index contributed by atoms with van der Waals surface area (Å²) in [7, 11) is -6.00. The third-order valence-corrected chi connectivity index (χ3v) is 0. The van der Waals surface area contributed by atoms with Gasteiger partial charge in [-0.3, -0.25) is 5.41 Å². The molecule has 9 heavy (non-hydrogen) atoms. The van der Waals surface area contributed by atoms with Crippen molar-refractivity contribution in [1.82, 2.24) is 0 Å². The van der Waals surface area contributed by atoms with Crippen LogP contribution in [0, 0.1) is 5.41 Å². The molecule has 0 saturated carbocycles. The molecule has 0 aromatic carbocycles. The molecule has 0 fully saturated rings. The first-order valence-electron chi connectivity index (χ1n) is 1.70. The van der Waals surface area contributed by atoms with Crippen molar-refractivity contribution in [3.63, 3.8) is 0 Å². The van der Waals surface area contributed by atoms with Crippen molar-refractivity contribution in [2.45, 2.75) is 0 Å². The molecule has 0 rings (SSSR count). The summed E-state index contributed by atoms with van der Waals surface area (Å²) in [4.78, 5) is 0. The molecule has 0 aliphatic rings. The zero-order chi connectivity index (χ0) is 8.08. The van der Waals surface area contributed by atoms with Gasteiger partial charge in [-0.25, -0.2) is 0 Å². The molecule has 0 aromatic heterocycles. The average Bonchev–Trinajstić information content (AvgIpc) is 1.19. The van der Waals surface area contributed by atoms with E-state index in [1.807, 2.05) is 0 Å². The minimum atomic E-state index is -6.00. The Morgan fingerprint density at radius 3 is 1.22 bits per heavy atom. The fourth-order valence-electron chi connectivity index (χ4n) is 0. The molecule has 8 heteroatoms. The number of hydrogen-bond donors (Lipinski definition) is 3. The summed E-state index contributed by atoms with van der Waals surface area (Å²) < 4.78 is 39.0. The maximum Gasteiger partial charge on any atom is 1.00 e. The summed E-state index contributed by atoms with van der Waals surface area (Å²) in [6.07, 6.45) is 0. The second-order valence-corrected chi connectivity index (χ2v) is 0.950. The number of nitrogens with one attached hydrogen (secondary N) is 1. The number of nitrogens with two attached hydrogens (primary N) is 2. The normalized spacial score (nSPS) is 9.33. The van der Waals surface area contributed by atoms with E-state index >= 15 is 0 Å². The van der Waals surface area contributed by atoms with Crippen LogP contribution in [-0.2, 0) is 0 Å². The lowest BCUT2D eigenvalue weighted by atomic mass is 10.3. The Morgan fingerprint density at radius 1 is 1.22 bits per heavy atom. The number of guanidine groups is 1. The molecule has 0 amide bonds. The lowest BCUT2D eigenvalue weighted by molar-refractivity contribution is 0.368. The Hall–Kier alpha value is -0.945. The molecule has 0 bridgehead atoms. The quantitative estimate of drug-likeness (QED) is 0.199. The van der Waals surface area contributed by atoms with Gasteiger partial charge in [-0.05, 0) is 0 Å². The predicted molar refractivity (Wildman–Crippen MR) is 27.4 cm³/mol. The van der Waals surface area contributed by atoms with Crippen molar-refractivity contribution in [3.05, 3.63) is 0 Å². The van der Waals surface area contributed by atoms with Gasteiger partial charge < -0.3 is 28.7 Å². The van der Waals surface area contributed by atoms with Crippen LogP contribution >= 0.6 is 0 Å². The zero-order valence-electron chi connectivity index (χ0n) is 5.24. The predicted octanol–water partition coefficient (Wildman–Crippen LogP) is 0.251. The van der Waals surface area contributed by atoms with Gasteiger partial charge in [0.15, 0.2) is 5.96 Å². The number of rotatable bonds is 0. The van der Waals surface area contributed by atoms with Crippen LogP contribution in [0.4, 0.5) is 17.3 Å². The third-order valence-electron chi connectivity index (χ3n) is 0. The summed E-state index contributed by atoms with van der Waals surface area (Å²) >= 11 is 0. The molecule has 0 aliphatic carbocycles. The van der Waals surface area contributed by atoms with E-state index in [4.69, 9.17) is 5.41 Å². The maximum atomic E-state index is 9.75. The highest BCUT2D eigenvalue weighted by atomic mass is 19.5. The van der Waals surface area contributed by atoms with E-state index in [0.29, 0.717) is 0 Å². The standard InChI is InChI=1S/CH5N3.BF4/c2-1(3)4;2-1(3,4)5/h(H5,2,3,4);/q;-1/p+1. The molecule has 3 nitrogen and oxygen atoms in total. The van der Waals surface area contributed by atoms with Crippen molar-refractivity contribution in [2.75, 3.05) is 0 Å². The van der Waals surface area contributed by atoms with Gasteiger partial charge in [-0.1, -0.05) is 0 Å². The van der Waals surface area contributed by atoms with Gasteiger partial charge in [0.05, 0.1) is 0 Å². The molecule has 0 unspecified atom stereocenters. The van der Waals surface area contributed by atoms with Gasteiger partial charge in [-0.15, -0.1) is 0 Å². The van der Waals surface area contributed by atoms with Crippen molar-refractivity contribution in [3.8, 4) is 0 Å². The lowest BCUT2D eigenvalue weighted by Gasteiger charge is -1.94. The fourth-order valence-corrected chi connectivity index (χ4v) is 0. The van der Waals surface area contributed by atoms with Gasteiger partial charge in [-0.2, -0.15) is 0 Å². The van der Waals surface area contributed by atoms with Crippen LogP contribution in [0.5, 0.6) is 0 Å². The van der Waals surface area contributed by atoms with Gasteiger partial charge in [0.25, 0.3) is 0 Å². The van der Waals surface area contributed by atoms with E-state index in [9.17, 15) is 17.3 Å². The topological polar surface area (TPSA) is 75.9 Å². The maximum absolute atomic E-state index is 9.75. The van der Waals surface area contributed by atoms with Crippen molar-refractivity contribution >= 4 is 13.2 Å². The SMILES string of the molecule is F[B-](F)(F)F.N=C(N)N.[H+]. The molecule has 0 aromatic rings. The third kappa shape index (κ3) is 202. The molecule has 0 aliphatic heterocycles. The molecular formula is CH6BF4N3.